The number of aromatic amines is 1. The van der Waals surface area contributed by atoms with E-state index < -0.39 is 0 Å². The Hall–Kier alpha value is -1.62. The minimum Gasteiger partial charge on any atom is -0.383 e. The fraction of sp³-hybridized carbons (Fsp3) is 0.400. The highest BCUT2D eigenvalue weighted by Gasteiger charge is 1.97. The summed E-state index contributed by atoms with van der Waals surface area (Å²) in [6, 6.07) is 1.85. The Morgan fingerprint density at radius 3 is 2.60 bits per heavy atom. The lowest BCUT2D eigenvalue weighted by molar-refractivity contribution is 0.857. The predicted octanol–water partition coefficient (Wildman–Crippen LogP) is 0.910. The highest BCUT2D eigenvalue weighted by atomic mass is 15.0. The van der Waals surface area contributed by atoms with Crippen molar-refractivity contribution in [2.75, 3.05) is 18.8 Å². The monoisotopic (exact) mass is 205 g/mol. The summed E-state index contributed by atoms with van der Waals surface area (Å²) in [5.74, 6) is 0.520. The zero-order valence-corrected chi connectivity index (χ0v) is 8.53. The molecule has 4 N–H and O–H groups in total. The summed E-state index contributed by atoms with van der Waals surface area (Å²) in [4.78, 5) is 10.7. The van der Waals surface area contributed by atoms with Crippen molar-refractivity contribution in [3.05, 3.63) is 18.6 Å². The normalized spacial score (nSPS) is 14.9. The standard InChI is InChI=1S/C6H6N4.C4H9N/c7-5-4-1-2-8-6(4)10-3-9-5;1-2-4-5-3-1/h1-3H,(H3,7,8,9,10);5H,1-4H2. The number of rotatable bonds is 0. The van der Waals surface area contributed by atoms with Gasteiger partial charge in [0.2, 0.25) is 0 Å². The van der Waals surface area contributed by atoms with E-state index in [-0.39, 0.29) is 0 Å². The number of nitrogens with two attached hydrogens (primary N) is 1. The molecule has 0 saturated carbocycles. The van der Waals surface area contributed by atoms with E-state index in [1.807, 2.05) is 6.07 Å². The van der Waals surface area contributed by atoms with Crippen LogP contribution in [0.4, 0.5) is 5.82 Å². The van der Waals surface area contributed by atoms with Gasteiger partial charge in [-0.2, -0.15) is 0 Å². The molecule has 0 aliphatic carbocycles. The Balaban J connectivity index is 0.000000144. The first-order valence-corrected chi connectivity index (χ1v) is 5.12. The van der Waals surface area contributed by atoms with Gasteiger partial charge in [-0.3, -0.25) is 0 Å². The van der Waals surface area contributed by atoms with Crippen molar-refractivity contribution in [2.24, 2.45) is 0 Å². The van der Waals surface area contributed by atoms with Gasteiger partial charge in [0.05, 0.1) is 5.39 Å². The van der Waals surface area contributed by atoms with Gasteiger partial charge in [-0.25, -0.2) is 9.97 Å². The van der Waals surface area contributed by atoms with Crippen molar-refractivity contribution in [3.63, 3.8) is 0 Å². The lowest BCUT2D eigenvalue weighted by Gasteiger charge is -1.90. The van der Waals surface area contributed by atoms with E-state index >= 15 is 0 Å². The minimum absolute atomic E-state index is 0.520. The maximum atomic E-state index is 5.53. The minimum atomic E-state index is 0.520. The fourth-order valence-corrected chi connectivity index (χ4v) is 1.52. The number of hydrogen-bond acceptors (Lipinski definition) is 4. The van der Waals surface area contributed by atoms with Crippen LogP contribution in [0.25, 0.3) is 11.0 Å². The molecule has 1 saturated heterocycles. The predicted molar refractivity (Wildman–Crippen MR) is 60.4 cm³/mol. The van der Waals surface area contributed by atoms with Crippen LogP contribution in [-0.2, 0) is 0 Å². The van der Waals surface area contributed by atoms with Gasteiger partial charge in [0, 0.05) is 6.20 Å². The van der Waals surface area contributed by atoms with Gasteiger partial charge < -0.3 is 16.0 Å². The van der Waals surface area contributed by atoms with Crippen LogP contribution in [0.5, 0.6) is 0 Å². The first-order chi connectivity index (χ1) is 7.38. The topological polar surface area (TPSA) is 79.6 Å². The number of fused-ring (bicyclic) bond motifs is 1. The van der Waals surface area contributed by atoms with Gasteiger partial charge in [0.1, 0.15) is 17.8 Å². The number of aromatic nitrogens is 3. The first kappa shape index (κ1) is 9.92. The van der Waals surface area contributed by atoms with Gasteiger partial charge in [-0.1, -0.05) is 0 Å². The van der Waals surface area contributed by atoms with Crippen molar-refractivity contribution in [1.29, 1.82) is 0 Å². The number of anilines is 1. The Labute approximate surface area is 88.1 Å². The van der Waals surface area contributed by atoms with Gasteiger partial charge in [-0.15, -0.1) is 0 Å². The molecule has 0 spiro atoms. The van der Waals surface area contributed by atoms with Crippen LogP contribution in [0.1, 0.15) is 12.8 Å². The molecule has 3 rings (SSSR count). The molecule has 2 aromatic heterocycles. The lowest BCUT2D eigenvalue weighted by Crippen LogP contribution is -2.03. The van der Waals surface area contributed by atoms with Crippen LogP contribution in [0.3, 0.4) is 0 Å². The number of nitrogens with zero attached hydrogens (tertiary/aromatic N) is 2. The quantitative estimate of drug-likeness (QED) is 0.597. The summed E-state index contributed by atoms with van der Waals surface area (Å²) in [7, 11) is 0. The fourth-order valence-electron chi connectivity index (χ4n) is 1.52. The Morgan fingerprint density at radius 2 is 2.00 bits per heavy atom. The first-order valence-electron chi connectivity index (χ1n) is 5.12. The molecule has 2 aromatic rings. The van der Waals surface area contributed by atoms with Gasteiger partial charge in [0.15, 0.2) is 0 Å². The van der Waals surface area contributed by atoms with E-state index in [1.165, 1.54) is 32.3 Å². The molecular weight excluding hydrogens is 190 g/mol. The van der Waals surface area contributed by atoms with E-state index in [9.17, 15) is 0 Å². The molecule has 0 radical (unpaired) electrons. The second-order valence-corrected chi connectivity index (χ2v) is 3.46. The maximum absolute atomic E-state index is 5.53. The number of nitrogens with one attached hydrogen (secondary N) is 2. The number of nitrogen functional groups attached to an aromatic ring is 1. The zero-order valence-electron chi connectivity index (χ0n) is 8.53. The molecule has 80 valence electrons. The van der Waals surface area contributed by atoms with Crippen molar-refractivity contribution in [1.82, 2.24) is 20.3 Å². The molecule has 0 unspecified atom stereocenters. The van der Waals surface area contributed by atoms with Gasteiger partial charge >= 0.3 is 0 Å². The third-order valence-electron chi connectivity index (χ3n) is 2.34. The smallest absolute Gasteiger partial charge is 0.142 e. The Bertz CT molecular complexity index is 411. The second-order valence-electron chi connectivity index (χ2n) is 3.46. The van der Waals surface area contributed by atoms with E-state index in [2.05, 4.69) is 20.3 Å². The maximum Gasteiger partial charge on any atom is 0.142 e. The van der Waals surface area contributed by atoms with Crippen LogP contribution >= 0.6 is 0 Å². The largest absolute Gasteiger partial charge is 0.383 e. The van der Waals surface area contributed by atoms with Crippen LogP contribution in [0.15, 0.2) is 18.6 Å². The van der Waals surface area contributed by atoms with Crippen molar-refractivity contribution in [2.45, 2.75) is 12.8 Å². The molecule has 3 heterocycles. The molecule has 0 aromatic carbocycles. The average Bonchev–Trinajstić information content (AvgIpc) is 2.93. The lowest BCUT2D eigenvalue weighted by atomic mass is 10.4. The van der Waals surface area contributed by atoms with Crippen molar-refractivity contribution < 1.29 is 0 Å². The van der Waals surface area contributed by atoms with E-state index in [4.69, 9.17) is 5.73 Å². The van der Waals surface area contributed by atoms with Gasteiger partial charge in [-0.05, 0) is 32.0 Å². The van der Waals surface area contributed by atoms with Crippen molar-refractivity contribution >= 4 is 16.9 Å². The molecule has 15 heavy (non-hydrogen) atoms. The summed E-state index contributed by atoms with van der Waals surface area (Å²) in [6.07, 6.45) is 6.00. The van der Waals surface area contributed by atoms with Crippen molar-refractivity contribution in [3.8, 4) is 0 Å². The summed E-state index contributed by atoms with van der Waals surface area (Å²) >= 11 is 0. The highest BCUT2D eigenvalue weighted by Crippen LogP contribution is 2.12. The van der Waals surface area contributed by atoms with Crippen LogP contribution in [-0.4, -0.2) is 28.0 Å². The Kier molecular flexibility index (Phi) is 3.14. The van der Waals surface area contributed by atoms with E-state index in [0.717, 1.165) is 11.0 Å². The number of H-pyrrole nitrogens is 1. The van der Waals surface area contributed by atoms with E-state index in [1.54, 1.807) is 6.20 Å². The molecule has 5 nitrogen and oxygen atoms in total. The summed E-state index contributed by atoms with van der Waals surface area (Å²) < 4.78 is 0. The highest BCUT2D eigenvalue weighted by molar-refractivity contribution is 5.85. The number of hydrogen-bond donors (Lipinski definition) is 3. The molecule has 1 aliphatic rings. The molecule has 1 fully saturated rings. The Morgan fingerprint density at radius 1 is 1.20 bits per heavy atom. The molecule has 0 bridgehead atoms. The summed E-state index contributed by atoms with van der Waals surface area (Å²) in [5, 5.41) is 4.10. The molecule has 0 atom stereocenters. The van der Waals surface area contributed by atoms with Crippen LogP contribution in [0, 0.1) is 0 Å². The molecule has 5 heteroatoms. The average molecular weight is 205 g/mol. The molecular formula is C10H15N5. The third kappa shape index (κ3) is 2.44. The zero-order chi connectivity index (χ0) is 10.5. The molecule has 0 amide bonds. The summed E-state index contributed by atoms with van der Waals surface area (Å²) in [5.41, 5.74) is 6.31. The summed E-state index contributed by atoms with van der Waals surface area (Å²) in [6.45, 7) is 2.50. The van der Waals surface area contributed by atoms with Gasteiger partial charge in [0.25, 0.3) is 0 Å². The van der Waals surface area contributed by atoms with E-state index in [0.29, 0.717) is 5.82 Å². The van der Waals surface area contributed by atoms with Crippen LogP contribution in [0.2, 0.25) is 0 Å². The van der Waals surface area contributed by atoms with Crippen LogP contribution < -0.4 is 11.1 Å². The molecule has 1 aliphatic heterocycles. The second kappa shape index (κ2) is 4.75. The SMILES string of the molecule is C1CCNC1.Nc1ncnc2[nH]ccc12. The third-order valence-corrected chi connectivity index (χ3v) is 2.34.